The lowest BCUT2D eigenvalue weighted by molar-refractivity contribution is 0.325. The number of hydrogen-bond donors (Lipinski definition) is 1. The number of hydrogen-bond acceptors (Lipinski definition) is 4. The van der Waals surface area contributed by atoms with Crippen LogP contribution in [0.1, 0.15) is 6.92 Å². The molecule has 0 atom stereocenters. The summed E-state index contributed by atoms with van der Waals surface area (Å²) >= 11 is 1.60. The van der Waals surface area contributed by atoms with E-state index in [0.717, 1.165) is 15.8 Å². The Labute approximate surface area is 98.5 Å². The number of rotatable bonds is 3. The lowest BCUT2D eigenvalue weighted by atomic mass is 10.2. The molecule has 2 rings (SSSR count). The maximum Gasteiger partial charge on any atom is 0.217 e. The Morgan fingerprint density at radius 3 is 2.94 bits per heavy atom. The van der Waals surface area contributed by atoms with Gasteiger partial charge in [0.25, 0.3) is 0 Å². The van der Waals surface area contributed by atoms with E-state index in [9.17, 15) is 5.11 Å². The van der Waals surface area contributed by atoms with Crippen LogP contribution < -0.4 is 4.74 Å². The number of nitrogens with zero attached hydrogens (tertiary/aromatic N) is 1. The third-order valence-electron chi connectivity index (χ3n) is 2.27. The second kappa shape index (κ2) is 4.61. The molecule has 0 aliphatic carbocycles. The topological polar surface area (TPSA) is 42.4 Å². The Hall–Kier alpha value is -1.42. The minimum absolute atomic E-state index is 0.212. The van der Waals surface area contributed by atoms with Crippen molar-refractivity contribution in [3.63, 3.8) is 0 Å². The Balaban J connectivity index is 2.67. The fourth-order valence-electron chi connectivity index (χ4n) is 1.57. The molecule has 0 radical (unpaired) electrons. The van der Waals surface area contributed by atoms with Crippen LogP contribution in [-0.4, -0.2) is 23.0 Å². The quantitative estimate of drug-likeness (QED) is 0.830. The van der Waals surface area contributed by atoms with Crippen molar-refractivity contribution in [2.24, 2.45) is 0 Å². The molecule has 1 heterocycles. The van der Waals surface area contributed by atoms with Gasteiger partial charge in [0, 0.05) is 16.3 Å². The third-order valence-corrected chi connectivity index (χ3v) is 3.04. The number of para-hydroxylation sites is 1. The number of aromatic nitrogens is 1. The average molecular weight is 235 g/mol. The molecular formula is C12H13NO2S. The van der Waals surface area contributed by atoms with E-state index in [1.807, 2.05) is 31.4 Å². The lowest BCUT2D eigenvalue weighted by Crippen LogP contribution is -1.95. The van der Waals surface area contributed by atoms with Gasteiger partial charge in [0.1, 0.15) is 5.75 Å². The maximum atomic E-state index is 9.87. The predicted octanol–water partition coefficient (Wildman–Crippen LogP) is 3.06. The summed E-state index contributed by atoms with van der Waals surface area (Å²) < 4.78 is 5.31. The molecule has 4 heteroatoms. The average Bonchev–Trinajstić information content (AvgIpc) is 2.29. The number of ether oxygens (including phenoxy) is 1. The number of fused-ring (bicyclic) bond motifs is 1. The number of aromatic hydroxyl groups is 1. The summed E-state index contributed by atoms with van der Waals surface area (Å²) in [7, 11) is 0. The van der Waals surface area contributed by atoms with Crippen LogP contribution >= 0.6 is 11.8 Å². The molecule has 0 aliphatic rings. The van der Waals surface area contributed by atoms with E-state index in [4.69, 9.17) is 4.74 Å². The van der Waals surface area contributed by atoms with Crippen molar-refractivity contribution in [3.05, 3.63) is 24.3 Å². The number of benzene rings is 1. The van der Waals surface area contributed by atoms with Gasteiger partial charge in [-0.1, -0.05) is 6.07 Å². The van der Waals surface area contributed by atoms with Crippen LogP contribution in [0.25, 0.3) is 10.9 Å². The van der Waals surface area contributed by atoms with E-state index < -0.39 is 0 Å². The molecule has 0 saturated heterocycles. The molecule has 84 valence electrons. The van der Waals surface area contributed by atoms with Gasteiger partial charge in [0.05, 0.1) is 12.1 Å². The fourth-order valence-corrected chi connectivity index (χ4v) is 2.13. The van der Waals surface area contributed by atoms with E-state index in [1.54, 1.807) is 17.8 Å². The molecule has 1 aromatic carbocycles. The first-order chi connectivity index (χ1) is 7.76. The molecule has 0 unspecified atom stereocenters. The van der Waals surface area contributed by atoms with Gasteiger partial charge in [-0.2, -0.15) is 0 Å². The van der Waals surface area contributed by atoms with Crippen molar-refractivity contribution in [2.75, 3.05) is 12.9 Å². The molecule has 1 aromatic heterocycles. The van der Waals surface area contributed by atoms with Gasteiger partial charge in [-0.3, -0.25) is 0 Å². The SMILES string of the molecule is CCOc1cc(O)c2cccc(SC)c2n1. The van der Waals surface area contributed by atoms with E-state index in [1.165, 1.54) is 0 Å². The fraction of sp³-hybridized carbons (Fsp3) is 0.250. The summed E-state index contributed by atoms with van der Waals surface area (Å²) in [5.41, 5.74) is 0.790. The van der Waals surface area contributed by atoms with Crippen LogP contribution in [0.3, 0.4) is 0 Å². The molecule has 0 aliphatic heterocycles. The van der Waals surface area contributed by atoms with Gasteiger partial charge in [-0.25, -0.2) is 4.98 Å². The second-order valence-corrected chi connectivity index (χ2v) is 4.12. The van der Waals surface area contributed by atoms with Crippen molar-refractivity contribution in [3.8, 4) is 11.6 Å². The molecule has 16 heavy (non-hydrogen) atoms. The summed E-state index contributed by atoms with van der Waals surface area (Å²) in [6.07, 6.45) is 1.99. The van der Waals surface area contributed by atoms with Gasteiger partial charge < -0.3 is 9.84 Å². The Morgan fingerprint density at radius 1 is 1.44 bits per heavy atom. The highest BCUT2D eigenvalue weighted by Crippen LogP contribution is 2.32. The molecular weight excluding hydrogens is 222 g/mol. The summed E-state index contributed by atoms with van der Waals surface area (Å²) in [6, 6.07) is 7.30. The Morgan fingerprint density at radius 2 is 2.25 bits per heavy atom. The molecule has 0 amide bonds. The first-order valence-corrected chi connectivity index (χ1v) is 6.28. The molecule has 3 nitrogen and oxygen atoms in total. The van der Waals surface area contributed by atoms with Crippen LogP contribution in [0.15, 0.2) is 29.2 Å². The smallest absolute Gasteiger partial charge is 0.217 e. The minimum Gasteiger partial charge on any atom is -0.507 e. The summed E-state index contributed by atoms with van der Waals surface area (Å²) in [4.78, 5) is 5.43. The van der Waals surface area contributed by atoms with Gasteiger partial charge in [-0.15, -0.1) is 11.8 Å². The highest BCUT2D eigenvalue weighted by atomic mass is 32.2. The van der Waals surface area contributed by atoms with Gasteiger partial charge in [0.15, 0.2) is 0 Å². The molecule has 2 aromatic rings. The van der Waals surface area contributed by atoms with E-state index in [-0.39, 0.29) is 5.75 Å². The normalized spacial score (nSPS) is 10.6. The molecule has 0 fully saturated rings. The van der Waals surface area contributed by atoms with Gasteiger partial charge >= 0.3 is 0 Å². The van der Waals surface area contributed by atoms with Crippen LogP contribution in [0.5, 0.6) is 11.6 Å². The van der Waals surface area contributed by atoms with E-state index >= 15 is 0 Å². The Bertz CT molecular complexity index is 514. The summed E-state index contributed by atoms with van der Waals surface area (Å²) in [5, 5.41) is 10.6. The first-order valence-electron chi connectivity index (χ1n) is 5.05. The van der Waals surface area contributed by atoms with Crippen LogP contribution in [-0.2, 0) is 0 Å². The lowest BCUT2D eigenvalue weighted by Gasteiger charge is -2.08. The van der Waals surface area contributed by atoms with Crippen molar-refractivity contribution in [2.45, 2.75) is 11.8 Å². The molecule has 1 N–H and O–H groups in total. The number of thioether (sulfide) groups is 1. The molecule has 0 bridgehead atoms. The van der Waals surface area contributed by atoms with Crippen LogP contribution in [0.4, 0.5) is 0 Å². The Kier molecular flexibility index (Phi) is 3.19. The summed E-state index contributed by atoms with van der Waals surface area (Å²) in [5.74, 6) is 0.679. The minimum atomic E-state index is 0.212. The third kappa shape index (κ3) is 1.93. The van der Waals surface area contributed by atoms with Crippen molar-refractivity contribution >= 4 is 22.7 Å². The monoisotopic (exact) mass is 235 g/mol. The zero-order chi connectivity index (χ0) is 11.5. The molecule has 0 saturated carbocycles. The zero-order valence-corrected chi connectivity index (χ0v) is 10.0. The van der Waals surface area contributed by atoms with Crippen molar-refractivity contribution < 1.29 is 9.84 Å². The van der Waals surface area contributed by atoms with Gasteiger partial charge in [0.2, 0.25) is 5.88 Å². The zero-order valence-electron chi connectivity index (χ0n) is 9.23. The van der Waals surface area contributed by atoms with Crippen LogP contribution in [0, 0.1) is 0 Å². The van der Waals surface area contributed by atoms with E-state index in [2.05, 4.69) is 4.98 Å². The second-order valence-electron chi connectivity index (χ2n) is 3.27. The predicted molar refractivity (Wildman–Crippen MR) is 66.4 cm³/mol. The molecule has 0 spiro atoms. The largest absolute Gasteiger partial charge is 0.507 e. The van der Waals surface area contributed by atoms with Crippen LogP contribution in [0.2, 0.25) is 0 Å². The van der Waals surface area contributed by atoms with Crippen molar-refractivity contribution in [1.82, 2.24) is 4.98 Å². The standard InChI is InChI=1S/C12H13NO2S/c1-3-15-11-7-9(14)8-5-4-6-10(16-2)12(8)13-11/h4-7H,3H2,1-2H3,(H,13,14). The van der Waals surface area contributed by atoms with E-state index in [0.29, 0.717) is 12.5 Å². The summed E-state index contributed by atoms with van der Waals surface area (Å²) in [6.45, 7) is 2.43. The van der Waals surface area contributed by atoms with Gasteiger partial charge in [-0.05, 0) is 25.3 Å². The highest BCUT2D eigenvalue weighted by Gasteiger charge is 2.08. The maximum absolute atomic E-state index is 9.87. The van der Waals surface area contributed by atoms with Crippen molar-refractivity contribution in [1.29, 1.82) is 0 Å². The first kappa shape index (κ1) is 11.1. The number of pyridine rings is 1. The highest BCUT2D eigenvalue weighted by molar-refractivity contribution is 7.98.